The number of nitrogen functional groups attached to an aromatic ring is 1. The maximum absolute atomic E-state index is 12.0. The highest BCUT2D eigenvalue weighted by molar-refractivity contribution is 5.76. The molecule has 0 radical (unpaired) electrons. The van der Waals surface area contributed by atoms with Gasteiger partial charge in [-0.05, 0) is 13.0 Å². The first-order valence-electron chi connectivity index (χ1n) is 5.91. The fraction of sp³-hybridized carbons (Fsp3) is 0.500. The van der Waals surface area contributed by atoms with Crippen LogP contribution in [0.2, 0.25) is 0 Å². The van der Waals surface area contributed by atoms with E-state index >= 15 is 0 Å². The van der Waals surface area contributed by atoms with E-state index < -0.39 is 0 Å². The van der Waals surface area contributed by atoms with E-state index in [-0.39, 0.29) is 24.1 Å². The van der Waals surface area contributed by atoms with E-state index in [9.17, 15) is 9.59 Å². The number of morpholine rings is 1. The molecule has 1 aromatic heterocycles. The molecule has 1 amide bonds. The quantitative estimate of drug-likeness (QED) is 0.781. The lowest BCUT2D eigenvalue weighted by molar-refractivity contribution is -0.138. The predicted octanol–water partition coefficient (Wildman–Crippen LogP) is -0.322. The van der Waals surface area contributed by atoms with Crippen molar-refractivity contribution < 1.29 is 9.53 Å². The van der Waals surface area contributed by atoms with Crippen molar-refractivity contribution in [3.05, 3.63) is 28.7 Å². The van der Waals surface area contributed by atoms with E-state index in [0.29, 0.717) is 25.4 Å². The Bertz CT molecular complexity index is 498. The van der Waals surface area contributed by atoms with Crippen LogP contribution in [0.25, 0.3) is 0 Å². The molecule has 1 aliphatic rings. The maximum Gasteiger partial charge on any atom is 0.251 e. The molecule has 2 N–H and O–H groups in total. The molecule has 1 saturated heterocycles. The first-order chi connectivity index (χ1) is 8.56. The molecule has 0 saturated carbocycles. The van der Waals surface area contributed by atoms with Gasteiger partial charge in [0.15, 0.2) is 0 Å². The summed E-state index contributed by atoms with van der Waals surface area (Å²) in [6.07, 6.45) is 1.53. The van der Waals surface area contributed by atoms with Gasteiger partial charge in [0.05, 0.1) is 12.7 Å². The third-order valence-corrected chi connectivity index (χ3v) is 2.91. The Labute approximate surface area is 105 Å². The van der Waals surface area contributed by atoms with Crippen LogP contribution < -0.4 is 11.3 Å². The van der Waals surface area contributed by atoms with Crippen LogP contribution in [0, 0.1) is 0 Å². The Hall–Kier alpha value is -1.82. The third kappa shape index (κ3) is 2.89. The molecular weight excluding hydrogens is 234 g/mol. The van der Waals surface area contributed by atoms with Gasteiger partial charge in [-0.25, -0.2) is 0 Å². The fourth-order valence-corrected chi connectivity index (χ4v) is 1.96. The summed E-state index contributed by atoms with van der Waals surface area (Å²) < 4.78 is 6.70. The number of aromatic nitrogens is 1. The first-order valence-corrected chi connectivity index (χ1v) is 5.91. The molecule has 2 rings (SSSR count). The van der Waals surface area contributed by atoms with E-state index in [0.717, 1.165) is 0 Å². The first kappa shape index (κ1) is 12.6. The number of amides is 1. The van der Waals surface area contributed by atoms with Gasteiger partial charge in [0.25, 0.3) is 5.56 Å². The second kappa shape index (κ2) is 5.22. The van der Waals surface area contributed by atoms with E-state index in [1.165, 1.54) is 22.9 Å². The molecule has 1 fully saturated rings. The van der Waals surface area contributed by atoms with Gasteiger partial charge in [0, 0.05) is 31.0 Å². The SMILES string of the molecule is CC1CN(C(=O)Cn2cc(N)ccc2=O)CCO1. The molecule has 1 aliphatic heterocycles. The van der Waals surface area contributed by atoms with Gasteiger partial charge in [-0.1, -0.05) is 0 Å². The third-order valence-electron chi connectivity index (χ3n) is 2.91. The number of ether oxygens (including phenoxy) is 1. The summed E-state index contributed by atoms with van der Waals surface area (Å²) in [6, 6.07) is 2.89. The summed E-state index contributed by atoms with van der Waals surface area (Å²) >= 11 is 0. The average molecular weight is 251 g/mol. The van der Waals surface area contributed by atoms with Crippen LogP contribution in [-0.4, -0.2) is 41.2 Å². The summed E-state index contributed by atoms with van der Waals surface area (Å²) in [5.41, 5.74) is 5.85. The number of anilines is 1. The minimum Gasteiger partial charge on any atom is -0.398 e. The van der Waals surface area contributed by atoms with Crippen molar-refractivity contribution in [1.82, 2.24) is 9.47 Å². The van der Waals surface area contributed by atoms with Gasteiger partial charge in [-0.2, -0.15) is 0 Å². The molecule has 98 valence electrons. The van der Waals surface area contributed by atoms with Gasteiger partial charge in [0.2, 0.25) is 5.91 Å². The number of pyridine rings is 1. The fourth-order valence-electron chi connectivity index (χ4n) is 1.96. The molecule has 6 nitrogen and oxygen atoms in total. The van der Waals surface area contributed by atoms with Crippen LogP contribution in [0.15, 0.2) is 23.1 Å². The number of hydrogen-bond acceptors (Lipinski definition) is 4. The number of carbonyl (C=O) groups is 1. The summed E-state index contributed by atoms with van der Waals surface area (Å²) in [5, 5.41) is 0. The van der Waals surface area contributed by atoms with Crippen molar-refractivity contribution in [3.8, 4) is 0 Å². The number of nitrogens with two attached hydrogens (primary N) is 1. The molecule has 1 unspecified atom stereocenters. The van der Waals surface area contributed by atoms with E-state index in [2.05, 4.69) is 0 Å². The van der Waals surface area contributed by atoms with Crippen molar-refractivity contribution in [3.63, 3.8) is 0 Å². The van der Waals surface area contributed by atoms with E-state index in [1.54, 1.807) is 4.90 Å². The van der Waals surface area contributed by atoms with E-state index in [4.69, 9.17) is 10.5 Å². The summed E-state index contributed by atoms with van der Waals surface area (Å²) in [7, 11) is 0. The average Bonchev–Trinajstić information content (AvgIpc) is 2.34. The van der Waals surface area contributed by atoms with Crippen LogP contribution in [0.1, 0.15) is 6.92 Å². The van der Waals surface area contributed by atoms with Gasteiger partial charge in [-0.3, -0.25) is 9.59 Å². The lowest BCUT2D eigenvalue weighted by Crippen LogP contribution is -2.46. The van der Waals surface area contributed by atoms with Crippen molar-refractivity contribution in [2.75, 3.05) is 25.4 Å². The zero-order valence-electron chi connectivity index (χ0n) is 10.3. The van der Waals surface area contributed by atoms with Crippen LogP contribution in [0.3, 0.4) is 0 Å². The maximum atomic E-state index is 12.0. The lowest BCUT2D eigenvalue weighted by Gasteiger charge is -2.31. The normalized spacial score (nSPS) is 19.8. The van der Waals surface area contributed by atoms with Gasteiger partial charge in [-0.15, -0.1) is 0 Å². The molecule has 2 heterocycles. The topological polar surface area (TPSA) is 77.6 Å². The van der Waals surface area contributed by atoms with Crippen molar-refractivity contribution in [1.29, 1.82) is 0 Å². The molecular formula is C12H17N3O3. The van der Waals surface area contributed by atoms with Crippen molar-refractivity contribution in [2.24, 2.45) is 0 Å². The van der Waals surface area contributed by atoms with Gasteiger partial charge >= 0.3 is 0 Å². The second-order valence-electron chi connectivity index (χ2n) is 4.45. The Morgan fingerprint density at radius 3 is 3.06 bits per heavy atom. The van der Waals surface area contributed by atoms with Gasteiger partial charge in [0.1, 0.15) is 6.54 Å². The minimum absolute atomic E-state index is 0.0244. The second-order valence-corrected chi connectivity index (χ2v) is 4.45. The Kier molecular flexibility index (Phi) is 3.66. The van der Waals surface area contributed by atoms with Gasteiger partial charge < -0.3 is 19.9 Å². The molecule has 0 spiro atoms. The zero-order chi connectivity index (χ0) is 13.1. The smallest absolute Gasteiger partial charge is 0.251 e. The molecule has 18 heavy (non-hydrogen) atoms. The Morgan fingerprint density at radius 1 is 1.56 bits per heavy atom. The minimum atomic E-state index is -0.223. The van der Waals surface area contributed by atoms with Crippen molar-refractivity contribution >= 4 is 11.6 Å². The highest BCUT2D eigenvalue weighted by atomic mass is 16.5. The molecule has 0 aliphatic carbocycles. The lowest BCUT2D eigenvalue weighted by atomic mass is 10.3. The highest BCUT2D eigenvalue weighted by Crippen LogP contribution is 2.05. The molecule has 1 aromatic rings. The predicted molar refractivity (Wildman–Crippen MR) is 67.1 cm³/mol. The van der Waals surface area contributed by atoms with Crippen LogP contribution in [-0.2, 0) is 16.1 Å². The summed E-state index contributed by atoms with van der Waals surface area (Å²) in [5.74, 6) is -0.0853. The summed E-state index contributed by atoms with van der Waals surface area (Å²) in [6.45, 7) is 3.62. The Balaban J connectivity index is 2.06. The number of carbonyl (C=O) groups excluding carboxylic acids is 1. The Morgan fingerprint density at radius 2 is 2.33 bits per heavy atom. The van der Waals surface area contributed by atoms with E-state index in [1.807, 2.05) is 6.92 Å². The monoisotopic (exact) mass is 251 g/mol. The number of rotatable bonds is 2. The molecule has 1 atom stereocenters. The highest BCUT2D eigenvalue weighted by Gasteiger charge is 2.21. The number of nitrogens with zero attached hydrogens (tertiary/aromatic N) is 2. The zero-order valence-corrected chi connectivity index (χ0v) is 10.3. The molecule has 0 bridgehead atoms. The number of hydrogen-bond donors (Lipinski definition) is 1. The largest absolute Gasteiger partial charge is 0.398 e. The standard InChI is InChI=1S/C12H17N3O3/c1-9-6-14(4-5-18-9)12(17)8-15-7-10(13)2-3-11(15)16/h2-3,7,9H,4-6,8,13H2,1H3. The van der Waals surface area contributed by atoms with Crippen molar-refractivity contribution in [2.45, 2.75) is 19.6 Å². The summed E-state index contributed by atoms with van der Waals surface area (Å²) in [4.78, 5) is 25.3. The van der Waals surface area contributed by atoms with Crippen LogP contribution >= 0.6 is 0 Å². The van der Waals surface area contributed by atoms with Crippen LogP contribution in [0.4, 0.5) is 5.69 Å². The molecule has 0 aromatic carbocycles. The molecule has 6 heteroatoms. The van der Waals surface area contributed by atoms with Crippen LogP contribution in [0.5, 0.6) is 0 Å².